The number of carbonyl (C=O) groups is 1. The van der Waals surface area contributed by atoms with Gasteiger partial charge >= 0.3 is 6.18 Å². The van der Waals surface area contributed by atoms with Crippen molar-refractivity contribution >= 4 is 11.6 Å². The number of carbonyl (C=O) groups excluding carboxylic acids is 1. The molecule has 3 rings (SSSR count). The Bertz CT molecular complexity index is 963. The van der Waals surface area contributed by atoms with E-state index in [1.165, 1.54) is 6.07 Å². The van der Waals surface area contributed by atoms with Crippen molar-refractivity contribution in [1.29, 1.82) is 0 Å². The number of pyridine rings is 1. The zero-order chi connectivity index (χ0) is 20.3. The van der Waals surface area contributed by atoms with Crippen LogP contribution in [0.5, 0.6) is 0 Å². The maximum atomic E-state index is 13.2. The van der Waals surface area contributed by atoms with Crippen molar-refractivity contribution in [2.75, 3.05) is 6.54 Å². The lowest BCUT2D eigenvalue weighted by atomic mass is 9.91. The molecule has 0 fully saturated rings. The molecule has 148 valence electrons. The highest BCUT2D eigenvalue weighted by molar-refractivity contribution is 5.77. The summed E-state index contributed by atoms with van der Waals surface area (Å²) in [6, 6.07) is 10.6. The second-order valence-corrected chi connectivity index (χ2v) is 7.19. The number of hydrogen-bond donors (Lipinski definition) is 1. The topological polar surface area (TPSA) is 46.4 Å². The van der Waals surface area contributed by atoms with E-state index in [2.05, 4.69) is 10.3 Å². The van der Waals surface area contributed by atoms with Crippen LogP contribution in [0, 0.1) is 5.92 Å². The number of imidazole rings is 1. The average molecular weight is 389 g/mol. The van der Waals surface area contributed by atoms with E-state index in [0.29, 0.717) is 23.4 Å². The number of nitrogens with zero attached hydrogens (tertiary/aromatic N) is 2. The summed E-state index contributed by atoms with van der Waals surface area (Å²) in [7, 11) is 0. The molecule has 0 aliphatic rings. The van der Waals surface area contributed by atoms with Gasteiger partial charge in [-0.15, -0.1) is 0 Å². The van der Waals surface area contributed by atoms with Gasteiger partial charge in [0, 0.05) is 31.3 Å². The van der Waals surface area contributed by atoms with Crippen LogP contribution in [0.1, 0.15) is 43.0 Å². The first-order valence-electron chi connectivity index (χ1n) is 9.11. The molecular weight excluding hydrogens is 367 g/mol. The highest BCUT2D eigenvalue weighted by Crippen LogP contribution is 2.34. The lowest BCUT2D eigenvalue weighted by Crippen LogP contribution is -2.29. The zero-order valence-electron chi connectivity index (χ0n) is 15.7. The van der Waals surface area contributed by atoms with Gasteiger partial charge in [-0.3, -0.25) is 4.79 Å². The van der Waals surface area contributed by atoms with Crippen LogP contribution in [0.25, 0.3) is 5.65 Å². The first-order valence-corrected chi connectivity index (χ1v) is 9.11. The molecule has 1 amide bonds. The number of hydrogen-bond acceptors (Lipinski definition) is 2. The van der Waals surface area contributed by atoms with Gasteiger partial charge in [-0.25, -0.2) is 4.98 Å². The van der Waals surface area contributed by atoms with Gasteiger partial charge in [0.2, 0.25) is 5.91 Å². The van der Waals surface area contributed by atoms with E-state index < -0.39 is 17.7 Å². The Balaban J connectivity index is 2.01. The Morgan fingerprint density at radius 2 is 1.96 bits per heavy atom. The van der Waals surface area contributed by atoms with Gasteiger partial charge in [-0.1, -0.05) is 38.1 Å². The van der Waals surface area contributed by atoms with Gasteiger partial charge in [-0.05, 0) is 29.7 Å². The molecule has 1 aromatic carbocycles. The fourth-order valence-corrected chi connectivity index (χ4v) is 3.11. The third kappa shape index (κ3) is 4.52. The lowest BCUT2D eigenvalue weighted by Gasteiger charge is -2.19. The Hall–Kier alpha value is -2.83. The Kier molecular flexibility index (Phi) is 5.72. The predicted molar refractivity (Wildman–Crippen MR) is 101 cm³/mol. The third-order valence-electron chi connectivity index (χ3n) is 4.52. The predicted octanol–water partition coefficient (Wildman–Crippen LogP) is 4.65. The van der Waals surface area contributed by atoms with Crippen molar-refractivity contribution in [3.63, 3.8) is 0 Å². The van der Waals surface area contributed by atoms with Crippen LogP contribution < -0.4 is 5.32 Å². The van der Waals surface area contributed by atoms with E-state index in [0.717, 1.165) is 12.1 Å². The van der Waals surface area contributed by atoms with Gasteiger partial charge in [0.15, 0.2) is 0 Å². The molecule has 0 aliphatic heterocycles. The molecule has 0 unspecified atom stereocenters. The van der Waals surface area contributed by atoms with Crippen molar-refractivity contribution in [2.24, 2.45) is 5.92 Å². The molecule has 3 aromatic rings. The fraction of sp³-hybridized carbons (Fsp3) is 0.333. The molecule has 28 heavy (non-hydrogen) atoms. The molecule has 0 radical (unpaired) electrons. The van der Waals surface area contributed by atoms with Crippen LogP contribution >= 0.6 is 0 Å². The number of nitrogens with one attached hydrogen (secondary N) is 1. The minimum atomic E-state index is -4.44. The normalized spacial score (nSPS) is 13.1. The molecule has 0 aliphatic carbocycles. The monoisotopic (exact) mass is 389 g/mol. The quantitative estimate of drug-likeness (QED) is 0.667. The number of amides is 1. The Morgan fingerprint density at radius 3 is 2.68 bits per heavy atom. The molecule has 0 spiro atoms. The summed E-state index contributed by atoms with van der Waals surface area (Å²) < 4.78 is 41.4. The first kappa shape index (κ1) is 19.9. The van der Waals surface area contributed by atoms with Crippen molar-refractivity contribution in [2.45, 2.75) is 32.4 Å². The highest BCUT2D eigenvalue weighted by atomic mass is 19.4. The summed E-state index contributed by atoms with van der Waals surface area (Å²) >= 11 is 0. The second-order valence-electron chi connectivity index (χ2n) is 7.19. The minimum absolute atomic E-state index is 0.0384. The number of alkyl halides is 3. The van der Waals surface area contributed by atoms with Gasteiger partial charge in [0.05, 0.1) is 11.3 Å². The van der Waals surface area contributed by atoms with E-state index in [4.69, 9.17) is 0 Å². The van der Waals surface area contributed by atoms with E-state index >= 15 is 0 Å². The molecule has 7 heteroatoms. The number of aromatic nitrogens is 2. The van der Waals surface area contributed by atoms with Crippen molar-refractivity contribution < 1.29 is 18.0 Å². The van der Waals surface area contributed by atoms with E-state index in [1.54, 1.807) is 22.9 Å². The number of halogens is 3. The maximum absolute atomic E-state index is 13.2. The van der Waals surface area contributed by atoms with Gasteiger partial charge in [0.1, 0.15) is 5.65 Å². The Labute approximate surface area is 161 Å². The molecule has 4 nitrogen and oxygen atoms in total. The summed E-state index contributed by atoms with van der Waals surface area (Å²) in [4.78, 5) is 16.8. The molecule has 0 saturated heterocycles. The molecule has 2 heterocycles. The SMILES string of the molecule is CC(C)CNC(=O)C[C@@H](c1cccc(C(F)(F)F)c1)c1cnc2ccccn12. The zero-order valence-corrected chi connectivity index (χ0v) is 15.7. The largest absolute Gasteiger partial charge is 0.416 e. The van der Waals surface area contributed by atoms with Crippen molar-refractivity contribution in [3.05, 3.63) is 71.7 Å². The van der Waals surface area contributed by atoms with Crippen LogP contribution in [0.4, 0.5) is 13.2 Å². The molecule has 2 aromatic heterocycles. The van der Waals surface area contributed by atoms with Gasteiger partial charge < -0.3 is 9.72 Å². The van der Waals surface area contributed by atoms with Crippen LogP contribution in [-0.2, 0) is 11.0 Å². The molecule has 1 N–H and O–H groups in total. The van der Waals surface area contributed by atoms with E-state index in [1.807, 2.05) is 32.0 Å². The third-order valence-corrected chi connectivity index (χ3v) is 4.52. The average Bonchev–Trinajstić information content (AvgIpc) is 3.08. The highest BCUT2D eigenvalue weighted by Gasteiger charge is 2.32. The molecule has 0 saturated carbocycles. The van der Waals surface area contributed by atoms with Crippen LogP contribution in [0.2, 0.25) is 0 Å². The van der Waals surface area contributed by atoms with Gasteiger partial charge in [0.25, 0.3) is 0 Å². The molecule has 0 bridgehead atoms. The summed E-state index contributed by atoms with van der Waals surface area (Å²) in [6.45, 7) is 4.48. The summed E-state index contributed by atoms with van der Waals surface area (Å²) in [5.74, 6) is -0.472. The summed E-state index contributed by atoms with van der Waals surface area (Å²) in [5.41, 5.74) is 1.05. The van der Waals surface area contributed by atoms with Crippen molar-refractivity contribution in [1.82, 2.24) is 14.7 Å². The number of fused-ring (bicyclic) bond motifs is 1. The minimum Gasteiger partial charge on any atom is -0.356 e. The van der Waals surface area contributed by atoms with E-state index in [9.17, 15) is 18.0 Å². The molecular formula is C21H22F3N3O. The number of benzene rings is 1. The maximum Gasteiger partial charge on any atom is 0.416 e. The Morgan fingerprint density at radius 1 is 1.18 bits per heavy atom. The second kappa shape index (κ2) is 8.04. The lowest BCUT2D eigenvalue weighted by molar-refractivity contribution is -0.137. The summed E-state index contributed by atoms with van der Waals surface area (Å²) in [6.07, 6.45) is -0.989. The molecule has 1 atom stereocenters. The van der Waals surface area contributed by atoms with Crippen LogP contribution in [0.15, 0.2) is 54.9 Å². The standard InChI is InChI=1S/C21H22F3N3O/c1-14(2)12-26-20(28)11-17(15-6-5-7-16(10-15)21(22,23)24)18-13-25-19-8-3-4-9-27(18)19/h3-10,13-14,17H,11-12H2,1-2H3,(H,26,28)/t17-/m0/s1. The first-order chi connectivity index (χ1) is 13.3. The smallest absolute Gasteiger partial charge is 0.356 e. The van der Waals surface area contributed by atoms with Gasteiger partial charge in [-0.2, -0.15) is 13.2 Å². The van der Waals surface area contributed by atoms with Crippen LogP contribution in [-0.4, -0.2) is 21.8 Å². The van der Waals surface area contributed by atoms with Crippen LogP contribution in [0.3, 0.4) is 0 Å². The summed E-state index contributed by atoms with van der Waals surface area (Å²) in [5, 5.41) is 2.85. The number of rotatable bonds is 6. The van der Waals surface area contributed by atoms with Crippen molar-refractivity contribution in [3.8, 4) is 0 Å². The fourth-order valence-electron chi connectivity index (χ4n) is 3.11. The van der Waals surface area contributed by atoms with E-state index in [-0.39, 0.29) is 18.2 Å².